The average Bonchev–Trinajstić information content (AvgIpc) is 2.04. The summed E-state index contributed by atoms with van der Waals surface area (Å²) in [5.74, 6) is -0.390. The van der Waals surface area contributed by atoms with Crippen molar-refractivity contribution in [2.45, 2.75) is 25.3 Å². The molecule has 1 saturated heterocycles. The molecule has 4 heteroatoms. The lowest BCUT2D eigenvalue weighted by atomic mass is 9.88. The third-order valence-electron chi connectivity index (χ3n) is 2.78. The Hall–Kier alpha value is -0.610. The van der Waals surface area contributed by atoms with Crippen LogP contribution in [0, 0.1) is 5.92 Å². The molecule has 0 spiro atoms. The van der Waals surface area contributed by atoms with Crippen LogP contribution in [0.4, 0.5) is 0 Å². The van der Waals surface area contributed by atoms with E-state index >= 15 is 0 Å². The van der Waals surface area contributed by atoms with Gasteiger partial charge in [-0.05, 0) is 38.9 Å². The third kappa shape index (κ3) is 3.32. The van der Waals surface area contributed by atoms with E-state index < -0.39 is 5.97 Å². The van der Waals surface area contributed by atoms with E-state index in [1.54, 1.807) is 0 Å². The number of carboxylic acid groups (broad SMARTS) is 1. The van der Waals surface area contributed by atoms with Gasteiger partial charge in [0.1, 0.15) is 0 Å². The van der Waals surface area contributed by atoms with Crippen LogP contribution in [0.3, 0.4) is 0 Å². The quantitative estimate of drug-likeness (QED) is 0.657. The maximum Gasteiger partial charge on any atom is 0.304 e. The second-order valence-electron chi connectivity index (χ2n) is 3.90. The number of hydrogen-bond acceptors (Lipinski definition) is 3. The smallest absolute Gasteiger partial charge is 0.304 e. The normalized spacial score (nSPS) is 22.9. The molecule has 0 aromatic carbocycles. The Morgan fingerprint density at radius 1 is 1.62 bits per heavy atom. The molecule has 76 valence electrons. The molecule has 0 bridgehead atoms. The number of aliphatic carboxylic acids is 1. The molecule has 1 unspecified atom stereocenters. The van der Waals surface area contributed by atoms with Gasteiger partial charge in [0.05, 0.1) is 6.42 Å². The van der Waals surface area contributed by atoms with E-state index in [1.165, 1.54) is 0 Å². The van der Waals surface area contributed by atoms with Gasteiger partial charge >= 0.3 is 5.97 Å². The summed E-state index contributed by atoms with van der Waals surface area (Å²) in [6.45, 7) is 2.08. The highest BCUT2D eigenvalue weighted by atomic mass is 16.4. The third-order valence-corrected chi connectivity index (χ3v) is 2.78. The molecule has 0 radical (unpaired) electrons. The molecule has 0 amide bonds. The van der Waals surface area contributed by atoms with Gasteiger partial charge in [0.2, 0.25) is 0 Å². The first-order chi connectivity index (χ1) is 6.09. The van der Waals surface area contributed by atoms with Crippen molar-refractivity contribution >= 4 is 5.97 Å². The van der Waals surface area contributed by atoms with E-state index in [0.717, 1.165) is 25.9 Å². The van der Waals surface area contributed by atoms with Crippen molar-refractivity contribution < 1.29 is 9.90 Å². The number of nitrogens with two attached hydrogens (primary N) is 1. The largest absolute Gasteiger partial charge is 0.481 e. The molecule has 0 aromatic heterocycles. The summed E-state index contributed by atoms with van der Waals surface area (Å²) in [6, 6.07) is -0.161. The van der Waals surface area contributed by atoms with Gasteiger partial charge in [-0.25, -0.2) is 0 Å². The first-order valence-corrected chi connectivity index (χ1v) is 4.75. The fraction of sp³-hybridized carbons (Fsp3) is 0.889. The molecule has 1 fully saturated rings. The zero-order chi connectivity index (χ0) is 9.84. The van der Waals surface area contributed by atoms with Crippen molar-refractivity contribution in [1.29, 1.82) is 0 Å². The SMILES string of the molecule is CN1CCC(C(N)CC(=O)O)CC1. The molecule has 1 atom stereocenters. The number of rotatable bonds is 3. The zero-order valence-corrected chi connectivity index (χ0v) is 8.07. The highest BCUT2D eigenvalue weighted by Gasteiger charge is 2.23. The number of carbonyl (C=O) groups is 1. The van der Waals surface area contributed by atoms with Crippen LogP contribution >= 0.6 is 0 Å². The van der Waals surface area contributed by atoms with Crippen molar-refractivity contribution in [2.75, 3.05) is 20.1 Å². The Labute approximate surface area is 78.7 Å². The van der Waals surface area contributed by atoms with Gasteiger partial charge in [0.25, 0.3) is 0 Å². The predicted molar refractivity (Wildman–Crippen MR) is 50.4 cm³/mol. The number of nitrogens with zero attached hydrogens (tertiary/aromatic N) is 1. The molecule has 13 heavy (non-hydrogen) atoms. The minimum absolute atomic E-state index is 0.106. The Bertz CT molecular complexity index is 176. The van der Waals surface area contributed by atoms with E-state index in [4.69, 9.17) is 10.8 Å². The lowest BCUT2D eigenvalue weighted by Crippen LogP contribution is -2.40. The molecular weight excluding hydrogens is 168 g/mol. The minimum Gasteiger partial charge on any atom is -0.481 e. The fourth-order valence-corrected chi connectivity index (χ4v) is 1.83. The highest BCUT2D eigenvalue weighted by molar-refractivity contribution is 5.67. The highest BCUT2D eigenvalue weighted by Crippen LogP contribution is 2.20. The maximum atomic E-state index is 10.4. The number of carboxylic acids is 1. The summed E-state index contributed by atoms with van der Waals surface area (Å²) in [7, 11) is 2.08. The zero-order valence-electron chi connectivity index (χ0n) is 8.07. The molecule has 1 rings (SSSR count). The van der Waals surface area contributed by atoms with Crippen LogP contribution in [0.5, 0.6) is 0 Å². The first-order valence-electron chi connectivity index (χ1n) is 4.75. The van der Waals surface area contributed by atoms with Crippen molar-refractivity contribution in [2.24, 2.45) is 11.7 Å². The van der Waals surface area contributed by atoms with E-state index in [1.807, 2.05) is 0 Å². The lowest BCUT2D eigenvalue weighted by Gasteiger charge is -2.31. The Kier molecular flexibility index (Phi) is 3.69. The predicted octanol–water partition coefficient (Wildman–Crippen LogP) is 0.130. The van der Waals surface area contributed by atoms with Crippen LogP contribution in [0.2, 0.25) is 0 Å². The van der Waals surface area contributed by atoms with Gasteiger partial charge < -0.3 is 15.7 Å². The lowest BCUT2D eigenvalue weighted by molar-refractivity contribution is -0.137. The second kappa shape index (κ2) is 4.58. The average molecular weight is 186 g/mol. The van der Waals surface area contributed by atoms with Crippen molar-refractivity contribution in [3.63, 3.8) is 0 Å². The van der Waals surface area contributed by atoms with Crippen molar-refractivity contribution in [1.82, 2.24) is 4.90 Å². The van der Waals surface area contributed by atoms with E-state index in [2.05, 4.69) is 11.9 Å². The number of hydrogen-bond donors (Lipinski definition) is 2. The first kappa shape index (κ1) is 10.5. The molecule has 0 aromatic rings. The summed E-state index contributed by atoms with van der Waals surface area (Å²) in [6.07, 6.45) is 2.17. The van der Waals surface area contributed by atoms with Crippen molar-refractivity contribution in [3.05, 3.63) is 0 Å². The topological polar surface area (TPSA) is 66.6 Å². The summed E-state index contributed by atoms with van der Waals surface area (Å²) in [4.78, 5) is 12.7. The van der Waals surface area contributed by atoms with Crippen LogP contribution < -0.4 is 5.73 Å². The Morgan fingerprint density at radius 3 is 2.62 bits per heavy atom. The van der Waals surface area contributed by atoms with Crippen molar-refractivity contribution in [3.8, 4) is 0 Å². The summed E-state index contributed by atoms with van der Waals surface area (Å²) >= 11 is 0. The minimum atomic E-state index is -0.786. The van der Waals surface area contributed by atoms with Gasteiger partial charge in [-0.3, -0.25) is 4.79 Å². The van der Waals surface area contributed by atoms with Gasteiger partial charge in [-0.1, -0.05) is 0 Å². The van der Waals surface area contributed by atoms with Crippen LogP contribution in [0.15, 0.2) is 0 Å². The van der Waals surface area contributed by atoms with Crippen LogP contribution in [-0.4, -0.2) is 42.2 Å². The maximum absolute atomic E-state index is 10.4. The van der Waals surface area contributed by atoms with Gasteiger partial charge in [-0.2, -0.15) is 0 Å². The molecule has 1 heterocycles. The molecule has 0 saturated carbocycles. The summed E-state index contributed by atoms with van der Waals surface area (Å²) in [5, 5.41) is 8.58. The fourth-order valence-electron chi connectivity index (χ4n) is 1.83. The number of piperidine rings is 1. The van der Waals surface area contributed by atoms with Gasteiger partial charge in [0.15, 0.2) is 0 Å². The van der Waals surface area contributed by atoms with E-state index in [9.17, 15) is 4.79 Å². The standard InChI is InChI=1S/C9H18N2O2/c1-11-4-2-7(3-5-11)8(10)6-9(12)13/h7-8H,2-6,10H2,1H3,(H,12,13). The monoisotopic (exact) mass is 186 g/mol. The molecule has 4 nitrogen and oxygen atoms in total. The molecule has 1 aliphatic rings. The van der Waals surface area contributed by atoms with E-state index in [0.29, 0.717) is 5.92 Å². The number of likely N-dealkylation sites (tertiary alicyclic amines) is 1. The van der Waals surface area contributed by atoms with E-state index in [-0.39, 0.29) is 12.5 Å². The Morgan fingerprint density at radius 2 is 2.15 bits per heavy atom. The summed E-state index contributed by atoms with van der Waals surface area (Å²) < 4.78 is 0. The van der Waals surface area contributed by atoms with Crippen LogP contribution in [0.25, 0.3) is 0 Å². The van der Waals surface area contributed by atoms with Crippen LogP contribution in [0.1, 0.15) is 19.3 Å². The molecule has 0 aliphatic carbocycles. The second-order valence-corrected chi connectivity index (χ2v) is 3.90. The van der Waals surface area contributed by atoms with Crippen LogP contribution in [-0.2, 0) is 4.79 Å². The van der Waals surface area contributed by atoms with Gasteiger partial charge in [-0.15, -0.1) is 0 Å². The summed E-state index contributed by atoms with van der Waals surface area (Å²) in [5.41, 5.74) is 5.80. The molecule has 1 aliphatic heterocycles. The molecule has 3 N–H and O–H groups in total. The Balaban J connectivity index is 2.31. The molecular formula is C9H18N2O2. The van der Waals surface area contributed by atoms with Gasteiger partial charge in [0, 0.05) is 6.04 Å².